The van der Waals surface area contributed by atoms with Crippen molar-refractivity contribution in [1.29, 1.82) is 0 Å². The van der Waals surface area contributed by atoms with Crippen LogP contribution in [-0.2, 0) is 19.2 Å². The largest absolute Gasteiger partial charge is 0.333 e. The molecule has 0 aromatic rings. The molecule has 8 heteroatoms. The van der Waals surface area contributed by atoms with Crippen molar-refractivity contribution in [3.8, 4) is 0 Å². The molecular weight excluding hydrogens is 264 g/mol. The Hall–Kier alpha value is -2.12. The number of nitrogens with one attached hydrogen (secondary N) is 2. The van der Waals surface area contributed by atoms with E-state index in [1.807, 2.05) is 0 Å². The Morgan fingerprint density at radius 2 is 1.05 bits per heavy atom. The van der Waals surface area contributed by atoms with Crippen LogP contribution in [-0.4, -0.2) is 58.8 Å². The molecule has 2 N–H and O–H groups in total. The lowest BCUT2D eigenvalue weighted by molar-refractivity contribution is -0.151. The van der Waals surface area contributed by atoms with Gasteiger partial charge in [-0.1, -0.05) is 0 Å². The highest BCUT2D eigenvalue weighted by Crippen LogP contribution is 2.15. The monoisotopic (exact) mass is 284 g/mol. The molecule has 1 fully saturated rings. The van der Waals surface area contributed by atoms with Crippen molar-refractivity contribution in [2.45, 2.75) is 40.0 Å². The van der Waals surface area contributed by atoms with Crippen molar-refractivity contribution in [1.82, 2.24) is 20.4 Å². The van der Waals surface area contributed by atoms with E-state index in [2.05, 4.69) is 10.6 Å². The first kappa shape index (κ1) is 15.9. The number of hydrogen-bond donors (Lipinski definition) is 2. The summed E-state index contributed by atoms with van der Waals surface area (Å²) in [7, 11) is 0. The van der Waals surface area contributed by atoms with Gasteiger partial charge < -0.3 is 20.4 Å². The molecule has 0 aromatic carbocycles. The molecule has 4 amide bonds. The number of hydrogen-bond acceptors (Lipinski definition) is 4. The molecule has 1 aliphatic rings. The van der Waals surface area contributed by atoms with Gasteiger partial charge in [-0.05, 0) is 0 Å². The third-order valence-corrected chi connectivity index (χ3v) is 3.06. The van der Waals surface area contributed by atoms with Crippen molar-refractivity contribution in [2.75, 3.05) is 13.1 Å². The predicted molar refractivity (Wildman–Crippen MR) is 70.0 cm³/mol. The van der Waals surface area contributed by atoms with E-state index >= 15 is 0 Å². The third-order valence-electron chi connectivity index (χ3n) is 3.06. The summed E-state index contributed by atoms with van der Waals surface area (Å²) < 4.78 is 0. The van der Waals surface area contributed by atoms with Crippen LogP contribution in [0.3, 0.4) is 0 Å². The highest BCUT2D eigenvalue weighted by Gasteiger charge is 2.40. The van der Waals surface area contributed by atoms with Gasteiger partial charge in [0.1, 0.15) is 12.3 Å². The van der Waals surface area contributed by atoms with Crippen LogP contribution in [0.15, 0.2) is 0 Å². The Labute approximate surface area is 117 Å². The number of rotatable bonds is 2. The van der Waals surface area contributed by atoms with Gasteiger partial charge in [-0.25, -0.2) is 0 Å². The van der Waals surface area contributed by atoms with Crippen LogP contribution in [0.25, 0.3) is 0 Å². The molecule has 2 unspecified atom stereocenters. The van der Waals surface area contributed by atoms with E-state index in [1.165, 1.54) is 37.5 Å². The normalized spacial score (nSPS) is 22.2. The average Bonchev–Trinajstić information content (AvgIpc) is 2.28. The van der Waals surface area contributed by atoms with Gasteiger partial charge in [0.15, 0.2) is 0 Å². The fourth-order valence-electron chi connectivity index (χ4n) is 2.27. The SMILES string of the molecule is CC(=O)NC1C(NC(C)=O)N(C(C)=O)CCN1C(C)=O. The maximum absolute atomic E-state index is 11.7. The quantitative estimate of drug-likeness (QED) is 0.653. The molecule has 1 aliphatic heterocycles. The molecule has 1 rings (SSSR count). The van der Waals surface area contributed by atoms with E-state index in [0.29, 0.717) is 13.1 Å². The van der Waals surface area contributed by atoms with Crippen LogP contribution in [0.1, 0.15) is 27.7 Å². The summed E-state index contributed by atoms with van der Waals surface area (Å²) >= 11 is 0. The topological polar surface area (TPSA) is 98.8 Å². The number of nitrogens with zero attached hydrogens (tertiary/aromatic N) is 2. The average molecular weight is 284 g/mol. The van der Waals surface area contributed by atoms with Gasteiger partial charge in [0.2, 0.25) is 23.6 Å². The predicted octanol–water partition coefficient (Wildman–Crippen LogP) is -1.38. The van der Waals surface area contributed by atoms with Crippen LogP contribution < -0.4 is 10.6 Å². The molecule has 0 bridgehead atoms. The smallest absolute Gasteiger partial charge is 0.221 e. The van der Waals surface area contributed by atoms with Crippen molar-refractivity contribution < 1.29 is 19.2 Å². The second kappa shape index (κ2) is 6.36. The molecule has 2 atom stereocenters. The lowest BCUT2D eigenvalue weighted by Crippen LogP contribution is -2.71. The van der Waals surface area contributed by atoms with Gasteiger partial charge in [-0.3, -0.25) is 19.2 Å². The molecule has 8 nitrogen and oxygen atoms in total. The second-order valence-electron chi connectivity index (χ2n) is 4.72. The molecule has 0 spiro atoms. The first-order valence-electron chi connectivity index (χ1n) is 6.32. The summed E-state index contributed by atoms with van der Waals surface area (Å²) in [6.45, 7) is 5.99. The molecule has 112 valence electrons. The number of carbonyl (C=O) groups is 4. The summed E-state index contributed by atoms with van der Waals surface area (Å²) in [5.74, 6) is -1.16. The van der Waals surface area contributed by atoms with E-state index in [-0.39, 0.29) is 23.6 Å². The van der Waals surface area contributed by atoms with E-state index in [0.717, 1.165) is 0 Å². The van der Waals surface area contributed by atoms with Crippen LogP contribution in [0, 0.1) is 0 Å². The van der Waals surface area contributed by atoms with Gasteiger partial charge in [0, 0.05) is 40.8 Å². The summed E-state index contributed by atoms with van der Waals surface area (Å²) in [5.41, 5.74) is 0. The van der Waals surface area contributed by atoms with Gasteiger partial charge >= 0.3 is 0 Å². The highest BCUT2D eigenvalue weighted by molar-refractivity contribution is 5.80. The van der Waals surface area contributed by atoms with E-state index in [9.17, 15) is 19.2 Å². The minimum absolute atomic E-state index is 0.234. The standard InChI is InChI=1S/C12H20N4O4/c1-7(17)13-11-12(14-8(2)18)16(10(4)20)6-5-15(11)9(3)19/h11-12H,5-6H2,1-4H3,(H,13,17)(H,14,18). The molecule has 1 saturated heterocycles. The summed E-state index contributed by atoms with van der Waals surface area (Å²) in [4.78, 5) is 48.8. The lowest BCUT2D eigenvalue weighted by atomic mass is 10.2. The molecule has 0 aliphatic carbocycles. The number of piperazine rings is 1. The first-order valence-corrected chi connectivity index (χ1v) is 6.32. The van der Waals surface area contributed by atoms with Gasteiger partial charge in [-0.2, -0.15) is 0 Å². The number of amides is 4. The Morgan fingerprint density at radius 1 is 0.750 bits per heavy atom. The summed E-state index contributed by atoms with van der Waals surface area (Å²) in [5, 5.41) is 5.22. The van der Waals surface area contributed by atoms with Crippen LogP contribution in [0.4, 0.5) is 0 Å². The Kier molecular flexibility index (Phi) is 5.06. The van der Waals surface area contributed by atoms with E-state index < -0.39 is 12.3 Å². The Morgan fingerprint density at radius 3 is 1.25 bits per heavy atom. The highest BCUT2D eigenvalue weighted by atomic mass is 16.2. The second-order valence-corrected chi connectivity index (χ2v) is 4.72. The maximum Gasteiger partial charge on any atom is 0.221 e. The van der Waals surface area contributed by atoms with Gasteiger partial charge in [0.05, 0.1) is 0 Å². The van der Waals surface area contributed by atoms with Gasteiger partial charge in [0.25, 0.3) is 0 Å². The minimum atomic E-state index is -0.772. The third kappa shape index (κ3) is 3.69. The molecule has 0 radical (unpaired) electrons. The minimum Gasteiger partial charge on any atom is -0.333 e. The van der Waals surface area contributed by atoms with E-state index in [4.69, 9.17) is 0 Å². The molecule has 1 heterocycles. The van der Waals surface area contributed by atoms with Crippen molar-refractivity contribution in [3.63, 3.8) is 0 Å². The molecule has 0 saturated carbocycles. The van der Waals surface area contributed by atoms with Crippen molar-refractivity contribution in [3.05, 3.63) is 0 Å². The van der Waals surface area contributed by atoms with Crippen LogP contribution in [0.2, 0.25) is 0 Å². The zero-order valence-electron chi connectivity index (χ0n) is 12.1. The van der Waals surface area contributed by atoms with E-state index in [1.54, 1.807) is 0 Å². The fraction of sp³-hybridized carbons (Fsp3) is 0.667. The van der Waals surface area contributed by atoms with Crippen molar-refractivity contribution in [2.24, 2.45) is 0 Å². The lowest BCUT2D eigenvalue weighted by Gasteiger charge is -2.46. The summed E-state index contributed by atoms with van der Waals surface area (Å²) in [6, 6.07) is 0. The maximum atomic E-state index is 11.7. The fourth-order valence-corrected chi connectivity index (χ4v) is 2.27. The molecule has 20 heavy (non-hydrogen) atoms. The zero-order chi connectivity index (χ0) is 15.4. The van der Waals surface area contributed by atoms with Crippen LogP contribution in [0.5, 0.6) is 0 Å². The van der Waals surface area contributed by atoms with Crippen molar-refractivity contribution >= 4 is 23.6 Å². The van der Waals surface area contributed by atoms with Gasteiger partial charge in [-0.15, -0.1) is 0 Å². The first-order chi connectivity index (χ1) is 9.23. The van der Waals surface area contributed by atoms with Crippen LogP contribution >= 0.6 is 0 Å². The Balaban J connectivity index is 3.10. The molecular formula is C12H20N4O4. The zero-order valence-corrected chi connectivity index (χ0v) is 12.1. The number of carbonyl (C=O) groups excluding carboxylic acids is 4. The Bertz CT molecular complexity index is 397. The summed E-state index contributed by atoms with van der Waals surface area (Å²) in [6.07, 6.45) is -1.54. The molecule has 0 aromatic heterocycles.